The van der Waals surface area contributed by atoms with Crippen LogP contribution in [0.2, 0.25) is 0 Å². The number of carbonyl (C=O) groups is 2. The molecule has 1 aromatic rings. The van der Waals surface area contributed by atoms with E-state index in [-0.39, 0.29) is 24.8 Å². The third-order valence-electron chi connectivity index (χ3n) is 4.14. The topological polar surface area (TPSA) is 71.1 Å². The van der Waals surface area contributed by atoms with Gasteiger partial charge in [-0.3, -0.25) is 4.79 Å². The van der Waals surface area contributed by atoms with Crippen LogP contribution in [0, 0.1) is 0 Å². The Labute approximate surface area is 121 Å². The maximum atomic E-state index is 12.6. The van der Waals surface area contributed by atoms with Gasteiger partial charge in [-0.25, -0.2) is 4.79 Å². The Morgan fingerprint density at radius 2 is 2.10 bits per heavy atom. The zero-order valence-electron chi connectivity index (χ0n) is 11.4. The van der Waals surface area contributed by atoms with Gasteiger partial charge in [0.05, 0.1) is 6.04 Å². The van der Waals surface area contributed by atoms with Crippen LogP contribution in [0.25, 0.3) is 0 Å². The lowest BCUT2D eigenvalue weighted by molar-refractivity contribution is 0.0616. The fourth-order valence-electron chi connectivity index (χ4n) is 3.00. The van der Waals surface area contributed by atoms with Gasteiger partial charge >= 0.3 is 6.03 Å². The monoisotopic (exact) mass is 289 g/mol. The van der Waals surface area contributed by atoms with Gasteiger partial charge in [-0.2, -0.15) is 0 Å². The van der Waals surface area contributed by atoms with Crippen LogP contribution in [0.4, 0.5) is 4.79 Å². The molecule has 0 radical (unpaired) electrons. The molecule has 0 spiro atoms. The fraction of sp³-hybridized carbons (Fsp3) is 0.429. The number of hydrogen-bond donors (Lipinski definition) is 1. The molecule has 1 N–H and O–H groups in total. The molecule has 1 atom stereocenters. The van der Waals surface area contributed by atoms with Gasteiger partial charge in [-0.15, -0.1) is 0 Å². The van der Waals surface area contributed by atoms with Gasteiger partial charge in [0.2, 0.25) is 6.79 Å². The second kappa shape index (κ2) is 4.54. The van der Waals surface area contributed by atoms with Gasteiger partial charge in [0.15, 0.2) is 11.5 Å². The summed E-state index contributed by atoms with van der Waals surface area (Å²) in [5, 5.41) is 2.81. The molecular weight excluding hydrogens is 274 g/mol. The predicted molar refractivity (Wildman–Crippen MR) is 72.4 cm³/mol. The minimum absolute atomic E-state index is 0.0322. The largest absolute Gasteiger partial charge is 0.454 e. The Morgan fingerprint density at radius 1 is 1.24 bits per heavy atom. The number of fused-ring (bicyclic) bond motifs is 2. The van der Waals surface area contributed by atoms with Crippen LogP contribution in [0.15, 0.2) is 18.2 Å². The van der Waals surface area contributed by atoms with Crippen molar-refractivity contribution in [3.63, 3.8) is 0 Å². The zero-order valence-corrected chi connectivity index (χ0v) is 11.4. The molecule has 7 heteroatoms. The van der Waals surface area contributed by atoms with E-state index < -0.39 is 0 Å². The molecule has 0 saturated carbocycles. The smallest absolute Gasteiger partial charge is 0.317 e. The first-order valence-electron chi connectivity index (χ1n) is 6.96. The number of nitrogens with zero attached hydrogens (tertiary/aromatic N) is 2. The average molecular weight is 289 g/mol. The first-order chi connectivity index (χ1) is 10.2. The predicted octanol–water partition coefficient (Wildman–Crippen LogP) is 0.265. The summed E-state index contributed by atoms with van der Waals surface area (Å²) in [6.45, 7) is 2.49. The van der Waals surface area contributed by atoms with Crippen molar-refractivity contribution in [2.75, 3.05) is 33.0 Å². The Balaban J connectivity index is 1.52. The molecule has 0 aromatic heterocycles. The molecule has 3 aliphatic heterocycles. The van der Waals surface area contributed by atoms with Crippen LogP contribution in [-0.2, 0) is 0 Å². The van der Waals surface area contributed by atoms with E-state index in [2.05, 4.69) is 5.32 Å². The highest BCUT2D eigenvalue weighted by Crippen LogP contribution is 2.33. The molecule has 0 bridgehead atoms. The van der Waals surface area contributed by atoms with Crippen LogP contribution < -0.4 is 14.8 Å². The van der Waals surface area contributed by atoms with Crippen LogP contribution in [0.3, 0.4) is 0 Å². The third kappa shape index (κ3) is 1.96. The van der Waals surface area contributed by atoms with E-state index in [9.17, 15) is 9.59 Å². The number of ether oxygens (including phenoxy) is 2. The van der Waals surface area contributed by atoms with Crippen molar-refractivity contribution in [3.05, 3.63) is 23.8 Å². The van der Waals surface area contributed by atoms with E-state index in [4.69, 9.17) is 9.47 Å². The molecule has 3 heterocycles. The Morgan fingerprint density at radius 3 is 3.00 bits per heavy atom. The van der Waals surface area contributed by atoms with Crippen molar-refractivity contribution in [2.45, 2.75) is 6.04 Å². The second-order valence-electron chi connectivity index (χ2n) is 5.35. The molecule has 3 amide bonds. The molecule has 21 heavy (non-hydrogen) atoms. The fourth-order valence-corrected chi connectivity index (χ4v) is 3.00. The van der Waals surface area contributed by atoms with Crippen molar-refractivity contribution in [3.8, 4) is 11.5 Å². The van der Waals surface area contributed by atoms with Gasteiger partial charge in [0, 0.05) is 31.7 Å². The number of amides is 3. The van der Waals surface area contributed by atoms with Crippen LogP contribution in [-0.4, -0.2) is 60.8 Å². The molecular formula is C14H15N3O4. The van der Waals surface area contributed by atoms with E-state index in [0.29, 0.717) is 43.2 Å². The van der Waals surface area contributed by atoms with Crippen LogP contribution in [0.5, 0.6) is 11.5 Å². The molecule has 3 aliphatic rings. The van der Waals surface area contributed by atoms with Crippen molar-refractivity contribution in [1.82, 2.24) is 15.1 Å². The number of piperazine rings is 1. The van der Waals surface area contributed by atoms with E-state index in [1.54, 1.807) is 28.0 Å². The summed E-state index contributed by atoms with van der Waals surface area (Å²) in [6, 6.07) is 5.27. The summed E-state index contributed by atoms with van der Waals surface area (Å²) in [7, 11) is 0. The molecule has 4 rings (SSSR count). The lowest BCUT2D eigenvalue weighted by atomic mass is 10.1. The quantitative estimate of drug-likeness (QED) is 0.805. The number of nitrogens with one attached hydrogen (secondary N) is 1. The van der Waals surface area contributed by atoms with E-state index in [1.807, 2.05) is 0 Å². The number of hydrogen-bond acceptors (Lipinski definition) is 4. The van der Waals surface area contributed by atoms with Crippen molar-refractivity contribution in [2.24, 2.45) is 0 Å². The molecule has 0 aliphatic carbocycles. The van der Waals surface area contributed by atoms with Gasteiger partial charge < -0.3 is 24.6 Å². The summed E-state index contributed by atoms with van der Waals surface area (Å²) < 4.78 is 10.6. The van der Waals surface area contributed by atoms with Crippen molar-refractivity contribution >= 4 is 11.9 Å². The molecule has 2 saturated heterocycles. The number of rotatable bonds is 1. The van der Waals surface area contributed by atoms with Crippen molar-refractivity contribution in [1.29, 1.82) is 0 Å². The molecule has 7 nitrogen and oxygen atoms in total. The minimum Gasteiger partial charge on any atom is -0.454 e. The summed E-state index contributed by atoms with van der Waals surface area (Å²) in [4.78, 5) is 27.7. The minimum atomic E-state index is -0.0349. The van der Waals surface area contributed by atoms with Gasteiger partial charge in [0.25, 0.3) is 5.91 Å². The standard InChI is InChI=1S/C14H15N3O4/c18-13(9-1-2-11-12(5-9)21-8-20-11)16-3-4-17-10(7-16)6-15-14(17)19/h1-2,5,10H,3-4,6-8H2,(H,15,19)/t10-/m0/s1. The number of carbonyl (C=O) groups excluding carboxylic acids is 2. The number of benzene rings is 1. The van der Waals surface area contributed by atoms with Gasteiger partial charge in [-0.1, -0.05) is 0 Å². The molecule has 2 fully saturated rings. The summed E-state index contributed by atoms with van der Waals surface area (Å²) >= 11 is 0. The normalized spacial score (nSPS) is 23.0. The maximum absolute atomic E-state index is 12.6. The highest BCUT2D eigenvalue weighted by atomic mass is 16.7. The molecule has 110 valence electrons. The summed E-state index contributed by atoms with van der Waals surface area (Å²) in [5.41, 5.74) is 0.588. The second-order valence-corrected chi connectivity index (χ2v) is 5.35. The van der Waals surface area contributed by atoms with Crippen molar-refractivity contribution < 1.29 is 19.1 Å². The highest BCUT2D eigenvalue weighted by molar-refractivity contribution is 5.95. The lowest BCUT2D eigenvalue weighted by Gasteiger charge is -2.36. The lowest BCUT2D eigenvalue weighted by Crippen LogP contribution is -2.53. The zero-order chi connectivity index (χ0) is 14.4. The number of urea groups is 1. The van der Waals surface area contributed by atoms with Crippen LogP contribution >= 0.6 is 0 Å². The van der Waals surface area contributed by atoms with Gasteiger partial charge in [-0.05, 0) is 18.2 Å². The third-order valence-corrected chi connectivity index (χ3v) is 4.14. The first kappa shape index (κ1) is 12.3. The van der Waals surface area contributed by atoms with Gasteiger partial charge in [0.1, 0.15) is 0 Å². The van der Waals surface area contributed by atoms with E-state index >= 15 is 0 Å². The Kier molecular flexibility index (Phi) is 2.66. The molecule has 0 unspecified atom stereocenters. The van der Waals surface area contributed by atoms with E-state index in [0.717, 1.165) is 0 Å². The first-order valence-corrected chi connectivity index (χ1v) is 6.96. The SMILES string of the molecule is O=C(c1ccc2c(c1)OCO2)N1CCN2C(=O)NC[C@H]2C1. The summed E-state index contributed by atoms with van der Waals surface area (Å²) in [5.74, 6) is 1.24. The molecule has 1 aromatic carbocycles. The van der Waals surface area contributed by atoms with Crippen LogP contribution in [0.1, 0.15) is 10.4 Å². The van der Waals surface area contributed by atoms with E-state index in [1.165, 1.54) is 0 Å². The summed E-state index contributed by atoms with van der Waals surface area (Å²) in [6.07, 6.45) is 0. The average Bonchev–Trinajstić information content (AvgIpc) is 3.12. The Bertz CT molecular complexity index is 618. The highest BCUT2D eigenvalue weighted by Gasteiger charge is 2.37. The Hall–Kier alpha value is -2.44. The maximum Gasteiger partial charge on any atom is 0.317 e.